The molecule has 4 heteroatoms. The van der Waals surface area contributed by atoms with Crippen LogP contribution < -0.4 is 9.64 Å². The van der Waals surface area contributed by atoms with Crippen LogP contribution in [0.25, 0.3) is 34.4 Å². The Kier molecular flexibility index (Phi) is 5.70. The molecule has 162 valence electrons. The van der Waals surface area contributed by atoms with Gasteiger partial charge in [-0.25, -0.2) is 0 Å². The Morgan fingerprint density at radius 2 is 1.72 bits per heavy atom. The van der Waals surface area contributed by atoms with E-state index in [4.69, 9.17) is 13.9 Å². The number of ether oxygens (including phenoxy) is 2. The Morgan fingerprint density at radius 3 is 2.47 bits per heavy atom. The summed E-state index contributed by atoms with van der Waals surface area (Å²) in [7, 11) is 1.68. The first-order chi connectivity index (χ1) is 15.7. The van der Waals surface area contributed by atoms with E-state index in [-0.39, 0.29) is 0 Å². The van der Waals surface area contributed by atoms with E-state index in [2.05, 4.69) is 78.6 Å². The zero-order valence-corrected chi connectivity index (χ0v) is 18.5. The summed E-state index contributed by atoms with van der Waals surface area (Å²) in [5.41, 5.74) is 6.60. The van der Waals surface area contributed by atoms with Gasteiger partial charge in [-0.1, -0.05) is 42.0 Å². The lowest BCUT2D eigenvalue weighted by molar-refractivity contribution is 0.122. The molecule has 0 N–H and O–H groups in total. The lowest BCUT2D eigenvalue weighted by Crippen LogP contribution is -2.36. The standard InChI is InChI=1S/C28H27NO3/c1-20-4-3-5-22(18-20)28-25(12-8-21-6-10-24(30-2)11-7-21)26-19-23(9-13-27(26)32-28)29-14-16-31-17-15-29/h3-13,18-19H,14-17H2,1-2H3/b12-8+. The Hall–Kier alpha value is -3.50. The van der Waals surface area contributed by atoms with Crippen LogP contribution in [0.4, 0.5) is 5.69 Å². The molecule has 1 aliphatic rings. The molecule has 4 nitrogen and oxygen atoms in total. The van der Waals surface area contributed by atoms with E-state index in [9.17, 15) is 0 Å². The highest BCUT2D eigenvalue weighted by atomic mass is 16.5. The molecule has 0 amide bonds. The first-order valence-corrected chi connectivity index (χ1v) is 11.0. The van der Waals surface area contributed by atoms with Gasteiger partial charge < -0.3 is 18.8 Å². The minimum Gasteiger partial charge on any atom is -0.497 e. The van der Waals surface area contributed by atoms with Gasteiger partial charge in [0.1, 0.15) is 17.1 Å². The minimum absolute atomic E-state index is 0.766. The van der Waals surface area contributed by atoms with Crippen LogP contribution in [0, 0.1) is 6.92 Å². The SMILES string of the molecule is COc1ccc(/C=C/c2c(-c3cccc(C)c3)oc3ccc(N4CCOCC4)cc23)cc1. The van der Waals surface area contributed by atoms with Gasteiger partial charge in [0.05, 0.1) is 20.3 Å². The van der Waals surface area contributed by atoms with E-state index in [1.165, 1.54) is 11.3 Å². The molecule has 0 bridgehead atoms. The fourth-order valence-electron chi connectivity index (χ4n) is 4.18. The zero-order chi connectivity index (χ0) is 21.9. The summed E-state index contributed by atoms with van der Waals surface area (Å²) in [6.45, 7) is 5.45. The smallest absolute Gasteiger partial charge is 0.142 e. The van der Waals surface area contributed by atoms with Crippen LogP contribution >= 0.6 is 0 Å². The third kappa shape index (κ3) is 4.14. The number of hydrogen-bond acceptors (Lipinski definition) is 4. The van der Waals surface area contributed by atoms with Crippen molar-refractivity contribution in [2.24, 2.45) is 0 Å². The molecule has 1 aromatic heterocycles. The number of fused-ring (bicyclic) bond motifs is 1. The quantitative estimate of drug-likeness (QED) is 0.369. The van der Waals surface area contributed by atoms with Crippen LogP contribution in [-0.4, -0.2) is 33.4 Å². The van der Waals surface area contributed by atoms with Crippen LogP contribution in [0.1, 0.15) is 16.7 Å². The fraction of sp³-hybridized carbons (Fsp3) is 0.214. The van der Waals surface area contributed by atoms with Crippen LogP contribution in [0.15, 0.2) is 71.1 Å². The average Bonchev–Trinajstić information content (AvgIpc) is 3.21. The molecule has 2 heterocycles. The van der Waals surface area contributed by atoms with Crippen molar-refractivity contribution in [2.75, 3.05) is 38.3 Å². The van der Waals surface area contributed by atoms with Gasteiger partial charge in [0, 0.05) is 35.3 Å². The summed E-state index contributed by atoms with van der Waals surface area (Å²) < 4.78 is 17.2. The summed E-state index contributed by atoms with van der Waals surface area (Å²) in [5, 5.41) is 1.12. The maximum absolute atomic E-state index is 6.39. The molecule has 5 rings (SSSR count). The van der Waals surface area contributed by atoms with Crippen molar-refractivity contribution in [3.8, 4) is 17.1 Å². The highest BCUT2D eigenvalue weighted by Crippen LogP contribution is 2.37. The molecule has 3 aromatic carbocycles. The number of rotatable bonds is 5. The number of furan rings is 1. The van der Waals surface area contributed by atoms with Gasteiger partial charge in [0.25, 0.3) is 0 Å². The van der Waals surface area contributed by atoms with Gasteiger partial charge in [-0.2, -0.15) is 0 Å². The molecule has 0 spiro atoms. The van der Waals surface area contributed by atoms with E-state index < -0.39 is 0 Å². The van der Waals surface area contributed by atoms with Crippen LogP contribution in [-0.2, 0) is 4.74 Å². The van der Waals surface area contributed by atoms with E-state index in [1.807, 2.05) is 12.1 Å². The Balaban J connectivity index is 1.61. The topological polar surface area (TPSA) is 34.8 Å². The number of methoxy groups -OCH3 is 1. The van der Waals surface area contributed by atoms with Crippen molar-refractivity contribution in [2.45, 2.75) is 6.92 Å². The molecule has 0 atom stereocenters. The summed E-state index contributed by atoms with van der Waals surface area (Å²) in [6.07, 6.45) is 4.29. The predicted molar refractivity (Wildman–Crippen MR) is 131 cm³/mol. The summed E-state index contributed by atoms with van der Waals surface area (Å²) in [5.74, 6) is 1.75. The number of benzene rings is 3. The molecule has 0 unspecified atom stereocenters. The Bertz CT molecular complexity index is 1250. The van der Waals surface area contributed by atoms with Gasteiger partial charge in [0.15, 0.2) is 0 Å². The fourth-order valence-corrected chi connectivity index (χ4v) is 4.18. The molecule has 1 saturated heterocycles. The Labute approximate surface area is 188 Å². The molecule has 1 fully saturated rings. The predicted octanol–water partition coefficient (Wildman–Crippen LogP) is 6.42. The number of hydrogen-bond donors (Lipinski definition) is 0. The average molecular weight is 426 g/mol. The maximum atomic E-state index is 6.39. The van der Waals surface area contributed by atoms with E-state index >= 15 is 0 Å². The molecule has 0 aliphatic carbocycles. The monoisotopic (exact) mass is 425 g/mol. The lowest BCUT2D eigenvalue weighted by atomic mass is 10.0. The second kappa shape index (κ2) is 8.93. The van der Waals surface area contributed by atoms with E-state index in [1.54, 1.807) is 7.11 Å². The molecule has 1 aliphatic heterocycles. The van der Waals surface area contributed by atoms with Crippen LogP contribution in [0.3, 0.4) is 0 Å². The summed E-state index contributed by atoms with van der Waals surface area (Å²) in [6, 6.07) is 23.0. The Morgan fingerprint density at radius 1 is 0.906 bits per heavy atom. The van der Waals surface area contributed by atoms with Crippen LogP contribution in [0.2, 0.25) is 0 Å². The first-order valence-electron chi connectivity index (χ1n) is 11.0. The number of aryl methyl sites for hydroxylation is 1. The summed E-state index contributed by atoms with van der Waals surface area (Å²) in [4.78, 5) is 2.37. The van der Waals surface area contributed by atoms with Crippen molar-refractivity contribution in [1.82, 2.24) is 0 Å². The normalized spacial score (nSPS) is 14.4. The molecule has 32 heavy (non-hydrogen) atoms. The van der Waals surface area contributed by atoms with Crippen LogP contribution in [0.5, 0.6) is 5.75 Å². The van der Waals surface area contributed by atoms with Gasteiger partial charge in [0.2, 0.25) is 0 Å². The number of anilines is 1. The molecule has 4 aromatic rings. The maximum Gasteiger partial charge on any atom is 0.142 e. The van der Waals surface area contributed by atoms with Crippen molar-refractivity contribution in [3.63, 3.8) is 0 Å². The van der Waals surface area contributed by atoms with Gasteiger partial charge in [-0.15, -0.1) is 0 Å². The number of nitrogens with zero attached hydrogens (tertiary/aromatic N) is 1. The van der Waals surface area contributed by atoms with Gasteiger partial charge in [-0.05, 0) is 55.0 Å². The van der Waals surface area contributed by atoms with Gasteiger partial charge >= 0.3 is 0 Å². The van der Waals surface area contributed by atoms with Gasteiger partial charge in [-0.3, -0.25) is 0 Å². The molecular weight excluding hydrogens is 398 g/mol. The third-order valence-corrected chi connectivity index (χ3v) is 5.92. The zero-order valence-electron chi connectivity index (χ0n) is 18.5. The van der Waals surface area contributed by atoms with E-state index in [0.717, 1.165) is 65.5 Å². The second-order valence-electron chi connectivity index (χ2n) is 8.10. The highest BCUT2D eigenvalue weighted by Gasteiger charge is 2.17. The van der Waals surface area contributed by atoms with Crippen molar-refractivity contribution < 1.29 is 13.9 Å². The van der Waals surface area contributed by atoms with E-state index in [0.29, 0.717) is 0 Å². The molecule has 0 radical (unpaired) electrons. The minimum atomic E-state index is 0.766. The molecular formula is C28H27NO3. The highest BCUT2D eigenvalue weighted by molar-refractivity contribution is 5.98. The second-order valence-corrected chi connectivity index (χ2v) is 8.10. The summed E-state index contributed by atoms with van der Waals surface area (Å²) >= 11 is 0. The van der Waals surface area contributed by atoms with Crippen molar-refractivity contribution in [1.29, 1.82) is 0 Å². The van der Waals surface area contributed by atoms with Crippen molar-refractivity contribution in [3.05, 3.63) is 83.4 Å². The first kappa shape index (κ1) is 20.4. The van der Waals surface area contributed by atoms with Crippen molar-refractivity contribution >= 4 is 28.8 Å². The number of morpholine rings is 1. The largest absolute Gasteiger partial charge is 0.497 e. The third-order valence-electron chi connectivity index (χ3n) is 5.92. The lowest BCUT2D eigenvalue weighted by Gasteiger charge is -2.28. The molecule has 0 saturated carbocycles.